The standard InChI is InChI=1S/C14H12ClFO2/c15-11-3-1-2-10(8-11)14(17)9-18-13-6-4-12(16)5-7-13/h1-8,14,17H,9H2. The van der Waals surface area contributed by atoms with Gasteiger partial charge >= 0.3 is 0 Å². The molecule has 0 radical (unpaired) electrons. The largest absolute Gasteiger partial charge is 0.491 e. The van der Waals surface area contributed by atoms with E-state index in [9.17, 15) is 9.50 Å². The van der Waals surface area contributed by atoms with Crippen molar-refractivity contribution in [1.29, 1.82) is 0 Å². The third-order valence-corrected chi connectivity index (χ3v) is 2.69. The van der Waals surface area contributed by atoms with E-state index in [1.54, 1.807) is 24.3 Å². The molecule has 0 aliphatic rings. The molecule has 0 bridgehead atoms. The summed E-state index contributed by atoms with van der Waals surface area (Å²) >= 11 is 5.83. The average molecular weight is 267 g/mol. The topological polar surface area (TPSA) is 29.5 Å². The molecule has 0 aromatic heterocycles. The van der Waals surface area contributed by atoms with Gasteiger partial charge in [-0.05, 0) is 42.0 Å². The van der Waals surface area contributed by atoms with Crippen LogP contribution in [0.25, 0.3) is 0 Å². The Hall–Kier alpha value is -1.58. The molecule has 18 heavy (non-hydrogen) atoms. The predicted molar refractivity (Wildman–Crippen MR) is 68.3 cm³/mol. The first-order valence-corrected chi connectivity index (χ1v) is 5.85. The first kappa shape index (κ1) is 12.9. The molecule has 0 fully saturated rings. The molecule has 0 aliphatic carbocycles. The fourth-order valence-corrected chi connectivity index (χ4v) is 1.71. The smallest absolute Gasteiger partial charge is 0.123 e. The molecular formula is C14H12ClFO2. The first-order valence-electron chi connectivity index (χ1n) is 5.47. The summed E-state index contributed by atoms with van der Waals surface area (Å²) in [5.41, 5.74) is 0.685. The molecule has 2 aromatic rings. The van der Waals surface area contributed by atoms with Crippen LogP contribution in [0, 0.1) is 5.82 Å². The Morgan fingerprint density at radius 1 is 1.17 bits per heavy atom. The Morgan fingerprint density at radius 3 is 2.56 bits per heavy atom. The number of aliphatic hydroxyl groups excluding tert-OH is 1. The minimum atomic E-state index is -0.770. The van der Waals surface area contributed by atoms with Gasteiger partial charge in [-0.25, -0.2) is 4.39 Å². The lowest BCUT2D eigenvalue weighted by molar-refractivity contribution is 0.108. The second-order valence-electron chi connectivity index (χ2n) is 3.84. The third-order valence-electron chi connectivity index (χ3n) is 2.45. The minimum Gasteiger partial charge on any atom is -0.491 e. The monoisotopic (exact) mass is 266 g/mol. The van der Waals surface area contributed by atoms with Gasteiger partial charge in [-0.2, -0.15) is 0 Å². The Bertz CT molecular complexity index is 513. The van der Waals surface area contributed by atoms with E-state index in [2.05, 4.69) is 0 Å². The van der Waals surface area contributed by atoms with Crippen LogP contribution in [0.4, 0.5) is 4.39 Å². The predicted octanol–water partition coefficient (Wildman–Crippen LogP) is 3.59. The molecule has 2 rings (SSSR count). The molecule has 0 heterocycles. The maximum Gasteiger partial charge on any atom is 0.123 e. The summed E-state index contributed by atoms with van der Waals surface area (Å²) in [6.07, 6.45) is -0.770. The molecule has 0 spiro atoms. The summed E-state index contributed by atoms with van der Waals surface area (Å²) in [6.45, 7) is 0.0893. The van der Waals surface area contributed by atoms with Crippen molar-refractivity contribution in [2.75, 3.05) is 6.61 Å². The Morgan fingerprint density at radius 2 is 1.89 bits per heavy atom. The zero-order valence-corrected chi connectivity index (χ0v) is 10.3. The van der Waals surface area contributed by atoms with Crippen molar-refractivity contribution in [2.45, 2.75) is 6.10 Å². The van der Waals surface area contributed by atoms with E-state index in [1.807, 2.05) is 0 Å². The van der Waals surface area contributed by atoms with Gasteiger partial charge in [-0.15, -0.1) is 0 Å². The van der Waals surface area contributed by atoms with Crippen LogP contribution >= 0.6 is 11.6 Å². The van der Waals surface area contributed by atoms with Gasteiger partial charge in [0.15, 0.2) is 0 Å². The number of rotatable bonds is 4. The SMILES string of the molecule is OC(COc1ccc(F)cc1)c1cccc(Cl)c1. The fraction of sp³-hybridized carbons (Fsp3) is 0.143. The van der Waals surface area contributed by atoms with E-state index in [-0.39, 0.29) is 12.4 Å². The molecule has 0 amide bonds. The number of halogens is 2. The van der Waals surface area contributed by atoms with Crippen LogP contribution in [0.2, 0.25) is 5.02 Å². The van der Waals surface area contributed by atoms with Crippen molar-refractivity contribution in [3.63, 3.8) is 0 Å². The summed E-state index contributed by atoms with van der Waals surface area (Å²) < 4.78 is 18.0. The summed E-state index contributed by atoms with van der Waals surface area (Å²) in [4.78, 5) is 0. The molecular weight excluding hydrogens is 255 g/mol. The molecule has 4 heteroatoms. The highest BCUT2D eigenvalue weighted by Crippen LogP contribution is 2.19. The van der Waals surface area contributed by atoms with Crippen LogP contribution in [-0.4, -0.2) is 11.7 Å². The molecule has 0 aliphatic heterocycles. The Kier molecular flexibility index (Phi) is 4.18. The fourth-order valence-electron chi connectivity index (χ4n) is 1.52. The molecule has 0 saturated carbocycles. The first-order chi connectivity index (χ1) is 8.65. The van der Waals surface area contributed by atoms with E-state index in [0.717, 1.165) is 0 Å². The minimum absolute atomic E-state index is 0.0893. The number of hydrogen-bond donors (Lipinski definition) is 1. The van der Waals surface area contributed by atoms with Gasteiger partial charge in [-0.1, -0.05) is 23.7 Å². The van der Waals surface area contributed by atoms with Crippen molar-refractivity contribution in [3.05, 3.63) is 64.9 Å². The molecule has 94 valence electrons. The van der Waals surface area contributed by atoms with Crippen LogP contribution in [-0.2, 0) is 0 Å². The number of hydrogen-bond acceptors (Lipinski definition) is 2. The maximum atomic E-state index is 12.7. The second-order valence-corrected chi connectivity index (χ2v) is 4.27. The second kappa shape index (κ2) is 5.85. The van der Waals surface area contributed by atoms with Crippen LogP contribution in [0.1, 0.15) is 11.7 Å². The van der Waals surface area contributed by atoms with Gasteiger partial charge in [0, 0.05) is 5.02 Å². The highest BCUT2D eigenvalue weighted by atomic mass is 35.5. The van der Waals surface area contributed by atoms with Crippen LogP contribution in [0.3, 0.4) is 0 Å². The van der Waals surface area contributed by atoms with Crippen LogP contribution in [0.15, 0.2) is 48.5 Å². The molecule has 1 unspecified atom stereocenters. The van der Waals surface area contributed by atoms with Gasteiger partial charge in [0.25, 0.3) is 0 Å². The van der Waals surface area contributed by atoms with Gasteiger partial charge in [-0.3, -0.25) is 0 Å². The summed E-state index contributed by atoms with van der Waals surface area (Å²) in [5.74, 6) is 0.190. The van der Waals surface area contributed by atoms with Gasteiger partial charge in [0.05, 0.1) is 0 Å². The number of aliphatic hydroxyl groups is 1. The molecule has 2 aromatic carbocycles. The van der Waals surface area contributed by atoms with Crippen LogP contribution < -0.4 is 4.74 Å². The lowest BCUT2D eigenvalue weighted by atomic mass is 10.1. The van der Waals surface area contributed by atoms with E-state index < -0.39 is 6.10 Å². The molecule has 2 nitrogen and oxygen atoms in total. The van der Waals surface area contributed by atoms with Gasteiger partial charge in [0.1, 0.15) is 24.3 Å². The van der Waals surface area contributed by atoms with Gasteiger partial charge in [0.2, 0.25) is 0 Å². The van der Waals surface area contributed by atoms with Crippen molar-refractivity contribution in [3.8, 4) is 5.75 Å². The highest BCUT2D eigenvalue weighted by molar-refractivity contribution is 6.30. The zero-order valence-electron chi connectivity index (χ0n) is 9.51. The molecule has 1 N–H and O–H groups in total. The lowest BCUT2D eigenvalue weighted by Crippen LogP contribution is -2.09. The summed E-state index contributed by atoms with van der Waals surface area (Å²) in [5, 5.41) is 10.5. The van der Waals surface area contributed by atoms with Gasteiger partial charge < -0.3 is 9.84 Å². The van der Waals surface area contributed by atoms with Crippen LogP contribution in [0.5, 0.6) is 5.75 Å². The summed E-state index contributed by atoms with van der Waals surface area (Å²) in [6, 6.07) is 12.6. The van der Waals surface area contributed by atoms with Crippen molar-refractivity contribution in [2.24, 2.45) is 0 Å². The highest BCUT2D eigenvalue weighted by Gasteiger charge is 2.08. The van der Waals surface area contributed by atoms with E-state index in [1.165, 1.54) is 24.3 Å². The van der Waals surface area contributed by atoms with Crippen molar-refractivity contribution in [1.82, 2.24) is 0 Å². The lowest BCUT2D eigenvalue weighted by Gasteiger charge is -2.12. The maximum absolute atomic E-state index is 12.7. The Balaban J connectivity index is 1.96. The van der Waals surface area contributed by atoms with E-state index >= 15 is 0 Å². The number of benzene rings is 2. The zero-order chi connectivity index (χ0) is 13.0. The normalized spacial score (nSPS) is 12.2. The van der Waals surface area contributed by atoms with E-state index in [0.29, 0.717) is 16.3 Å². The quantitative estimate of drug-likeness (QED) is 0.916. The van der Waals surface area contributed by atoms with Crippen molar-refractivity contribution < 1.29 is 14.2 Å². The van der Waals surface area contributed by atoms with Crippen molar-refractivity contribution >= 4 is 11.6 Å². The average Bonchev–Trinajstić information content (AvgIpc) is 2.38. The van der Waals surface area contributed by atoms with E-state index in [4.69, 9.17) is 16.3 Å². The Labute approximate surface area is 110 Å². The third kappa shape index (κ3) is 3.45. The molecule has 1 atom stereocenters. The molecule has 0 saturated heterocycles. The number of ether oxygens (including phenoxy) is 1. The summed E-state index contributed by atoms with van der Waals surface area (Å²) in [7, 11) is 0.